The monoisotopic (exact) mass is 303 g/mol. The zero-order valence-electron chi connectivity index (χ0n) is 13.5. The molecule has 0 amide bonds. The van der Waals surface area contributed by atoms with Crippen LogP contribution in [-0.4, -0.2) is 34.6 Å². The fourth-order valence-electron chi connectivity index (χ4n) is 7.68. The summed E-state index contributed by atoms with van der Waals surface area (Å²) in [7, 11) is 0. The molecule has 2 saturated heterocycles. The third-order valence-electron chi connectivity index (χ3n) is 8.06. The maximum atomic E-state index is 11.4. The van der Waals surface area contributed by atoms with Crippen LogP contribution in [0.1, 0.15) is 64.2 Å². The van der Waals surface area contributed by atoms with Gasteiger partial charge in [-0.05, 0) is 93.9 Å². The van der Waals surface area contributed by atoms with Crippen LogP contribution in [0.25, 0.3) is 0 Å². The smallest absolute Gasteiger partial charge is 0.308 e. The highest BCUT2D eigenvalue weighted by atomic mass is 16.4. The molecular formula is C19H29NO2. The number of fused-ring (bicyclic) bond motifs is 2. The summed E-state index contributed by atoms with van der Waals surface area (Å²) in [5, 5.41) is 9.42. The van der Waals surface area contributed by atoms with Gasteiger partial charge in [0.15, 0.2) is 0 Å². The first-order valence-corrected chi connectivity index (χ1v) is 9.60. The highest BCUT2D eigenvalue weighted by Crippen LogP contribution is 2.61. The van der Waals surface area contributed by atoms with Gasteiger partial charge in [0, 0.05) is 12.1 Å². The molecule has 2 heterocycles. The number of carboxylic acids is 1. The minimum Gasteiger partial charge on any atom is -0.481 e. The van der Waals surface area contributed by atoms with Crippen LogP contribution < -0.4 is 0 Å². The van der Waals surface area contributed by atoms with E-state index < -0.39 is 5.97 Å². The Morgan fingerprint density at radius 2 is 1.64 bits per heavy atom. The third-order valence-corrected chi connectivity index (χ3v) is 8.06. The Hall–Kier alpha value is -0.570. The van der Waals surface area contributed by atoms with E-state index in [4.69, 9.17) is 0 Å². The van der Waals surface area contributed by atoms with Crippen molar-refractivity contribution >= 4 is 5.97 Å². The van der Waals surface area contributed by atoms with Gasteiger partial charge < -0.3 is 5.11 Å². The minimum absolute atomic E-state index is 0.0740. The fourth-order valence-corrected chi connectivity index (χ4v) is 7.68. The second-order valence-electron chi connectivity index (χ2n) is 9.38. The van der Waals surface area contributed by atoms with Gasteiger partial charge in [0.1, 0.15) is 0 Å². The van der Waals surface area contributed by atoms with E-state index in [-0.39, 0.29) is 5.92 Å². The molecule has 0 aromatic heterocycles. The first kappa shape index (κ1) is 13.8. The topological polar surface area (TPSA) is 40.5 Å². The summed E-state index contributed by atoms with van der Waals surface area (Å²) < 4.78 is 0. The molecule has 0 spiro atoms. The molecule has 3 atom stereocenters. The summed E-state index contributed by atoms with van der Waals surface area (Å²) in [5.74, 6) is 2.48. The van der Waals surface area contributed by atoms with Gasteiger partial charge in [0.2, 0.25) is 0 Å². The third kappa shape index (κ3) is 2.00. The molecule has 122 valence electrons. The van der Waals surface area contributed by atoms with Crippen molar-refractivity contribution in [3.63, 3.8) is 0 Å². The van der Waals surface area contributed by atoms with Crippen molar-refractivity contribution in [3.8, 4) is 0 Å². The Bertz CT molecular complexity index is 453. The molecule has 6 fully saturated rings. The van der Waals surface area contributed by atoms with Gasteiger partial charge in [-0.3, -0.25) is 9.69 Å². The summed E-state index contributed by atoms with van der Waals surface area (Å²) in [6.07, 6.45) is 13.7. The van der Waals surface area contributed by atoms with E-state index in [1.165, 1.54) is 57.9 Å². The Balaban J connectivity index is 1.27. The molecule has 22 heavy (non-hydrogen) atoms. The molecule has 6 bridgehead atoms. The molecule has 4 saturated carbocycles. The van der Waals surface area contributed by atoms with Crippen LogP contribution in [-0.2, 0) is 4.79 Å². The lowest BCUT2D eigenvalue weighted by Gasteiger charge is -2.57. The highest BCUT2D eigenvalue weighted by molar-refractivity contribution is 5.71. The van der Waals surface area contributed by atoms with Crippen LogP contribution in [0.5, 0.6) is 0 Å². The molecular weight excluding hydrogens is 274 g/mol. The van der Waals surface area contributed by atoms with Crippen LogP contribution in [0.4, 0.5) is 0 Å². The molecule has 1 N–H and O–H groups in total. The normalized spacial score (nSPS) is 52.5. The zero-order valence-corrected chi connectivity index (χ0v) is 13.5. The van der Waals surface area contributed by atoms with Crippen molar-refractivity contribution in [2.75, 3.05) is 6.54 Å². The van der Waals surface area contributed by atoms with Crippen LogP contribution in [0.15, 0.2) is 0 Å². The minimum atomic E-state index is -0.549. The van der Waals surface area contributed by atoms with Crippen LogP contribution in [0.3, 0.4) is 0 Å². The lowest BCUT2D eigenvalue weighted by atomic mass is 9.49. The number of carboxylic acid groups (broad SMARTS) is 1. The van der Waals surface area contributed by atoms with Gasteiger partial charge in [0.25, 0.3) is 0 Å². The first-order chi connectivity index (χ1) is 10.6. The molecule has 4 aliphatic carbocycles. The van der Waals surface area contributed by atoms with Crippen molar-refractivity contribution in [3.05, 3.63) is 0 Å². The lowest BCUT2D eigenvalue weighted by Crippen LogP contribution is -2.47. The van der Waals surface area contributed by atoms with Crippen LogP contribution >= 0.6 is 0 Å². The van der Waals surface area contributed by atoms with Crippen molar-refractivity contribution in [1.29, 1.82) is 0 Å². The quantitative estimate of drug-likeness (QED) is 0.863. The van der Waals surface area contributed by atoms with Crippen LogP contribution in [0, 0.1) is 29.1 Å². The van der Waals surface area contributed by atoms with Crippen molar-refractivity contribution in [2.45, 2.75) is 76.3 Å². The molecule has 6 aliphatic rings. The van der Waals surface area contributed by atoms with Crippen molar-refractivity contribution in [2.24, 2.45) is 29.1 Å². The van der Waals surface area contributed by atoms with Crippen LogP contribution in [0.2, 0.25) is 0 Å². The Morgan fingerprint density at radius 1 is 1.00 bits per heavy atom. The highest BCUT2D eigenvalue weighted by Gasteiger charge is 2.53. The Morgan fingerprint density at radius 3 is 2.18 bits per heavy atom. The standard InChI is InChI=1S/C19H29NO2/c21-18(22)16-8-15-1-2-17(16)20(15)4-3-19-9-12-5-13(10-19)7-14(6-12)11-19/h12-17H,1-11H2,(H,21,22). The predicted octanol–water partition coefficient (Wildman–Crippen LogP) is 3.53. The van der Waals surface area contributed by atoms with Crippen molar-refractivity contribution in [1.82, 2.24) is 4.90 Å². The van der Waals surface area contributed by atoms with E-state index >= 15 is 0 Å². The largest absolute Gasteiger partial charge is 0.481 e. The fraction of sp³-hybridized carbons (Fsp3) is 0.947. The van der Waals surface area contributed by atoms with E-state index in [2.05, 4.69) is 4.90 Å². The zero-order chi connectivity index (χ0) is 14.9. The maximum Gasteiger partial charge on any atom is 0.308 e. The molecule has 3 nitrogen and oxygen atoms in total. The SMILES string of the molecule is O=C(O)C1CC2CCC1N2CCC12CC3CC(CC(C3)C1)C2. The number of rotatable bonds is 4. The van der Waals surface area contributed by atoms with Gasteiger partial charge in [-0.15, -0.1) is 0 Å². The van der Waals surface area contributed by atoms with Gasteiger partial charge in [-0.2, -0.15) is 0 Å². The average molecular weight is 303 g/mol. The molecule has 3 heteroatoms. The van der Waals surface area contributed by atoms with Gasteiger partial charge in [-0.1, -0.05) is 0 Å². The van der Waals surface area contributed by atoms with Gasteiger partial charge in [-0.25, -0.2) is 0 Å². The number of aliphatic carboxylic acids is 1. The Kier molecular flexibility index (Phi) is 2.97. The summed E-state index contributed by atoms with van der Waals surface area (Å²) in [6, 6.07) is 0.941. The van der Waals surface area contributed by atoms with E-state index in [1.54, 1.807) is 0 Å². The molecule has 0 aromatic carbocycles. The lowest BCUT2D eigenvalue weighted by molar-refractivity contribution is -0.142. The number of carbonyl (C=O) groups is 1. The number of hydrogen-bond acceptors (Lipinski definition) is 2. The molecule has 6 rings (SSSR count). The van der Waals surface area contributed by atoms with E-state index in [0.717, 1.165) is 30.6 Å². The van der Waals surface area contributed by atoms with E-state index in [0.29, 0.717) is 17.5 Å². The second-order valence-corrected chi connectivity index (χ2v) is 9.38. The predicted molar refractivity (Wildman–Crippen MR) is 84.5 cm³/mol. The first-order valence-electron chi connectivity index (χ1n) is 9.60. The summed E-state index contributed by atoms with van der Waals surface area (Å²) in [6.45, 7) is 1.19. The van der Waals surface area contributed by atoms with E-state index in [9.17, 15) is 9.90 Å². The second kappa shape index (κ2) is 4.72. The summed E-state index contributed by atoms with van der Waals surface area (Å²) >= 11 is 0. The Labute approximate surface area is 133 Å². The molecule has 0 radical (unpaired) electrons. The van der Waals surface area contributed by atoms with Crippen molar-refractivity contribution < 1.29 is 9.90 Å². The average Bonchev–Trinajstić information content (AvgIpc) is 3.00. The molecule has 0 aromatic rings. The summed E-state index contributed by atoms with van der Waals surface area (Å²) in [4.78, 5) is 14.0. The number of nitrogens with zero attached hydrogens (tertiary/aromatic N) is 1. The summed E-state index contributed by atoms with van der Waals surface area (Å²) in [5.41, 5.74) is 0.648. The number of hydrogen-bond donors (Lipinski definition) is 1. The van der Waals surface area contributed by atoms with E-state index in [1.807, 2.05) is 0 Å². The molecule has 2 aliphatic heterocycles. The van der Waals surface area contributed by atoms with Gasteiger partial charge in [0.05, 0.1) is 5.92 Å². The van der Waals surface area contributed by atoms with Gasteiger partial charge >= 0.3 is 5.97 Å². The maximum absolute atomic E-state index is 11.4. The molecule has 3 unspecified atom stereocenters.